The molecule has 1 fully saturated rings. The van der Waals surface area contributed by atoms with Crippen molar-refractivity contribution in [3.05, 3.63) is 76.5 Å². The number of benzene rings is 1. The van der Waals surface area contributed by atoms with Gasteiger partial charge in [0.2, 0.25) is 5.91 Å². The number of carbonyl (C=O) groups is 2. The van der Waals surface area contributed by atoms with E-state index in [1.54, 1.807) is 27.7 Å². The number of nitrogens with zero attached hydrogens (tertiary/aromatic N) is 4. The van der Waals surface area contributed by atoms with Crippen molar-refractivity contribution in [3.8, 4) is 0 Å². The summed E-state index contributed by atoms with van der Waals surface area (Å²) in [6.07, 6.45) is 11.1. The lowest BCUT2D eigenvalue weighted by Gasteiger charge is -2.20. The van der Waals surface area contributed by atoms with Gasteiger partial charge in [-0.05, 0) is 43.2 Å². The average molecular weight is 521 g/mol. The van der Waals surface area contributed by atoms with Gasteiger partial charge in [-0.25, -0.2) is 0 Å². The number of amides is 2. The highest BCUT2D eigenvalue weighted by Gasteiger charge is 2.18. The number of hydrogen-bond donors (Lipinski definition) is 3. The van der Waals surface area contributed by atoms with Crippen molar-refractivity contribution in [2.45, 2.75) is 70.5 Å². The second-order valence-electron chi connectivity index (χ2n) is 9.90. The summed E-state index contributed by atoms with van der Waals surface area (Å²) in [6, 6.07) is 11.9. The number of rotatable bonds is 12. The molecule has 10 nitrogen and oxygen atoms in total. The Balaban J connectivity index is 1.20. The maximum Gasteiger partial charge on any atom is 0.274 e. The van der Waals surface area contributed by atoms with E-state index >= 15 is 0 Å². The molecule has 0 bridgehead atoms. The number of aliphatic hydroxyl groups is 1. The van der Waals surface area contributed by atoms with Gasteiger partial charge < -0.3 is 20.3 Å². The molecule has 0 saturated heterocycles. The molecule has 0 radical (unpaired) electrons. The minimum absolute atomic E-state index is 0.0260. The third-order valence-corrected chi connectivity index (χ3v) is 6.98. The number of unbranched alkanes of at least 4 members (excludes halogenated alkanes) is 1. The molecule has 202 valence electrons. The molecule has 10 heteroatoms. The molecule has 38 heavy (non-hydrogen) atoms. The van der Waals surface area contributed by atoms with Gasteiger partial charge in [-0.15, -0.1) is 5.10 Å². The lowest BCUT2D eigenvalue weighted by molar-refractivity contribution is -0.117. The van der Waals surface area contributed by atoms with Crippen molar-refractivity contribution in [2.24, 2.45) is 5.92 Å². The largest absolute Gasteiger partial charge is 0.394 e. The van der Waals surface area contributed by atoms with Gasteiger partial charge >= 0.3 is 0 Å². The topological polar surface area (TPSA) is 131 Å². The van der Waals surface area contributed by atoms with E-state index in [0.29, 0.717) is 31.1 Å². The molecule has 1 saturated carbocycles. The van der Waals surface area contributed by atoms with Crippen LogP contribution in [0, 0.1) is 5.92 Å². The van der Waals surface area contributed by atoms with Crippen molar-refractivity contribution in [1.29, 1.82) is 0 Å². The van der Waals surface area contributed by atoms with Gasteiger partial charge in [0.05, 0.1) is 18.8 Å². The fraction of sp³-hybridized carbons (Fsp3) is 0.464. The molecule has 1 aliphatic rings. The minimum Gasteiger partial charge on any atom is -0.394 e. The summed E-state index contributed by atoms with van der Waals surface area (Å²) >= 11 is 0. The number of hydrogen-bond acceptors (Lipinski definition) is 6. The Morgan fingerprint density at radius 1 is 1.05 bits per heavy atom. The van der Waals surface area contributed by atoms with E-state index in [4.69, 9.17) is 0 Å². The first-order valence-electron chi connectivity index (χ1n) is 13.4. The number of aliphatic hydroxyl groups excluding tert-OH is 1. The van der Waals surface area contributed by atoms with Crippen molar-refractivity contribution < 1.29 is 14.7 Å². The monoisotopic (exact) mass is 520 g/mol. The highest BCUT2D eigenvalue weighted by atomic mass is 16.3. The molecule has 3 N–H and O–H groups in total. The predicted octanol–water partition coefficient (Wildman–Crippen LogP) is 3.29. The van der Waals surface area contributed by atoms with E-state index in [-0.39, 0.29) is 23.8 Å². The van der Waals surface area contributed by atoms with Crippen molar-refractivity contribution >= 4 is 17.5 Å². The van der Waals surface area contributed by atoms with Gasteiger partial charge in [-0.3, -0.25) is 19.1 Å². The molecule has 2 heterocycles. The molecule has 1 atom stereocenters. The molecule has 2 amide bonds. The first-order chi connectivity index (χ1) is 18.5. The van der Waals surface area contributed by atoms with Crippen LogP contribution in [0.2, 0.25) is 0 Å². The van der Waals surface area contributed by atoms with Crippen LogP contribution < -0.4 is 16.2 Å². The molecule has 4 rings (SSSR count). The second kappa shape index (κ2) is 13.7. The Kier molecular flexibility index (Phi) is 9.80. The van der Waals surface area contributed by atoms with Crippen LogP contribution in [0.25, 0.3) is 0 Å². The Hall–Kier alpha value is -3.79. The molecule has 3 aromatic rings. The summed E-state index contributed by atoms with van der Waals surface area (Å²) in [7, 11) is 0. The van der Waals surface area contributed by atoms with Gasteiger partial charge in [0.1, 0.15) is 0 Å². The van der Waals surface area contributed by atoms with Crippen LogP contribution in [-0.2, 0) is 17.9 Å². The lowest BCUT2D eigenvalue weighted by Crippen LogP contribution is -2.31. The van der Waals surface area contributed by atoms with E-state index < -0.39 is 11.9 Å². The number of aryl methyl sites for hydroxylation is 2. The van der Waals surface area contributed by atoms with Crippen LogP contribution in [0.3, 0.4) is 0 Å². The third-order valence-electron chi connectivity index (χ3n) is 6.98. The van der Waals surface area contributed by atoms with Gasteiger partial charge in [0.15, 0.2) is 5.69 Å². The van der Waals surface area contributed by atoms with Gasteiger partial charge in [-0.1, -0.05) is 54.8 Å². The SMILES string of the molecule is O=C(CC1CCCCC1)Nc1ccn(CCCCn2cc(C(=O)NC(CO)c3ccccc3)nn2)c(=O)c1. The number of aromatic nitrogens is 4. The van der Waals surface area contributed by atoms with E-state index in [1.807, 2.05) is 30.3 Å². The standard InChI is InChI=1S/C28H36N6O4/c35-20-25(22-11-5-2-6-12-22)30-28(38)24-19-34(32-31-24)15-8-7-14-33-16-13-23(18-27(33)37)29-26(36)17-21-9-3-1-4-10-21/h2,5-6,11-13,16,18-19,21,25,35H,1,3-4,7-10,14-15,17,20H2,(H,29,36)(H,30,38). The number of nitrogens with one attached hydrogen (secondary N) is 2. The number of pyridine rings is 1. The summed E-state index contributed by atoms with van der Waals surface area (Å²) in [6.45, 7) is 0.857. The van der Waals surface area contributed by atoms with Gasteiger partial charge in [0, 0.05) is 37.5 Å². The van der Waals surface area contributed by atoms with E-state index in [9.17, 15) is 19.5 Å². The fourth-order valence-electron chi connectivity index (χ4n) is 4.86. The van der Waals surface area contributed by atoms with E-state index in [0.717, 1.165) is 31.2 Å². The highest BCUT2D eigenvalue weighted by Crippen LogP contribution is 2.26. The molecule has 1 unspecified atom stereocenters. The average Bonchev–Trinajstić information content (AvgIpc) is 3.41. The minimum atomic E-state index is -0.524. The molecular formula is C28H36N6O4. The quantitative estimate of drug-likeness (QED) is 0.314. The summed E-state index contributed by atoms with van der Waals surface area (Å²) in [5, 5.41) is 23.3. The van der Waals surface area contributed by atoms with Crippen LogP contribution in [0.4, 0.5) is 5.69 Å². The van der Waals surface area contributed by atoms with Crippen LogP contribution in [0.5, 0.6) is 0 Å². The molecule has 1 aromatic carbocycles. The summed E-state index contributed by atoms with van der Waals surface area (Å²) in [5.41, 5.74) is 1.37. The van der Waals surface area contributed by atoms with Crippen LogP contribution in [0.15, 0.2) is 59.7 Å². The second-order valence-corrected chi connectivity index (χ2v) is 9.90. The number of anilines is 1. The zero-order chi connectivity index (χ0) is 26.7. The number of carbonyl (C=O) groups excluding carboxylic acids is 2. The Labute approximate surface area is 222 Å². The molecule has 2 aromatic heterocycles. The zero-order valence-corrected chi connectivity index (χ0v) is 21.6. The molecule has 1 aliphatic carbocycles. The Morgan fingerprint density at radius 3 is 2.55 bits per heavy atom. The summed E-state index contributed by atoms with van der Waals surface area (Å²) in [5.74, 6) is 0.0184. The predicted molar refractivity (Wildman–Crippen MR) is 144 cm³/mol. The summed E-state index contributed by atoms with van der Waals surface area (Å²) in [4.78, 5) is 37.4. The molecule has 0 spiro atoms. The first-order valence-corrected chi connectivity index (χ1v) is 13.4. The maximum atomic E-state index is 12.5. The fourth-order valence-corrected chi connectivity index (χ4v) is 4.86. The van der Waals surface area contributed by atoms with E-state index in [2.05, 4.69) is 20.9 Å². The van der Waals surface area contributed by atoms with Crippen molar-refractivity contribution in [3.63, 3.8) is 0 Å². The summed E-state index contributed by atoms with van der Waals surface area (Å²) < 4.78 is 3.22. The lowest BCUT2D eigenvalue weighted by atomic mass is 9.87. The van der Waals surface area contributed by atoms with Gasteiger partial charge in [-0.2, -0.15) is 0 Å². The highest BCUT2D eigenvalue weighted by molar-refractivity contribution is 5.92. The molecular weight excluding hydrogens is 484 g/mol. The smallest absolute Gasteiger partial charge is 0.274 e. The van der Waals surface area contributed by atoms with Gasteiger partial charge in [0.25, 0.3) is 11.5 Å². The third kappa shape index (κ3) is 7.85. The van der Waals surface area contributed by atoms with Crippen LogP contribution in [-0.4, -0.2) is 43.1 Å². The Morgan fingerprint density at radius 2 is 1.82 bits per heavy atom. The van der Waals surface area contributed by atoms with Crippen molar-refractivity contribution in [2.75, 3.05) is 11.9 Å². The molecule has 0 aliphatic heterocycles. The van der Waals surface area contributed by atoms with Crippen LogP contribution >= 0.6 is 0 Å². The maximum absolute atomic E-state index is 12.5. The van der Waals surface area contributed by atoms with Crippen molar-refractivity contribution in [1.82, 2.24) is 24.9 Å². The zero-order valence-electron chi connectivity index (χ0n) is 21.6. The van der Waals surface area contributed by atoms with E-state index in [1.165, 1.54) is 25.3 Å². The first kappa shape index (κ1) is 27.3. The normalized spacial score (nSPS) is 14.7. The van der Waals surface area contributed by atoms with Crippen LogP contribution in [0.1, 0.15) is 73.5 Å². The Bertz CT molecular complexity index is 1250.